The first-order valence-corrected chi connectivity index (χ1v) is 7.59. The maximum absolute atomic E-state index is 11.9. The third-order valence-corrected chi connectivity index (χ3v) is 4.24. The number of amides is 1. The Labute approximate surface area is 127 Å². The number of carbonyl (C=O) groups is 2. The van der Waals surface area contributed by atoms with E-state index in [4.69, 9.17) is 5.11 Å². The van der Waals surface area contributed by atoms with E-state index in [1.54, 1.807) is 35.6 Å². The van der Waals surface area contributed by atoms with Crippen molar-refractivity contribution < 1.29 is 14.7 Å². The van der Waals surface area contributed by atoms with Gasteiger partial charge < -0.3 is 10.4 Å². The third kappa shape index (κ3) is 4.43. The second-order valence-electron chi connectivity index (χ2n) is 4.81. The predicted octanol–water partition coefficient (Wildman–Crippen LogP) is 3.26. The van der Waals surface area contributed by atoms with Crippen molar-refractivity contribution in [1.82, 2.24) is 5.32 Å². The molecule has 110 valence electrons. The van der Waals surface area contributed by atoms with Gasteiger partial charge in [0.1, 0.15) is 0 Å². The second kappa shape index (κ2) is 7.04. The lowest BCUT2D eigenvalue weighted by molar-refractivity contribution is -0.121. The van der Waals surface area contributed by atoms with Gasteiger partial charge in [-0.25, -0.2) is 4.79 Å². The van der Waals surface area contributed by atoms with Gasteiger partial charge in [-0.05, 0) is 42.5 Å². The minimum absolute atomic E-state index is 0.00166. The molecule has 21 heavy (non-hydrogen) atoms. The van der Waals surface area contributed by atoms with Crippen LogP contribution in [0, 0.1) is 0 Å². The fourth-order valence-corrected chi connectivity index (χ4v) is 2.73. The fourth-order valence-electron chi connectivity index (χ4n) is 1.99. The van der Waals surface area contributed by atoms with E-state index < -0.39 is 5.97 Å². The minimum Gasteiger partial charge on any atom is -0.478 e. The highest BCUT2D eigenvalue weighted by atomic mass is 32.1. The van der Waals surface area contributed by atoms with Crippen molar-refractivity contribution in [3.05, 3.63) is 57.8 Å². The van der Waals surface area contributed by atoms with E-state index in [2.05, 4.69) is 5.32 Å². The van der Waals surface area contributed by atoms with Crippen molar-refractivity contribution in [1.29, 1.82) is 0 Å². The molecule has 1 atom stereocenters. The number of hydrogen-bond donors (Lipinski definition) is 2. The van der Waals surface area contributed by atoms with Crippen molar-refractivity contribution in [2.45, 2.75) is 25.8 Å². The molecule has 0 spiro atoms. The Bertz CT molecular complexity index is 605. The van der Waals surface area contributed by atoms with Gasteiger partial charge in [-0.3, -0.25) is 4.79 Å². The molecule has 1 amide bonds. The maximum Gasteiger partial charge on any atom is 0.335 e. The zero-order valence-corrected chi connectivity index (χ0v) is 12.5. The highest BCUT2D eigenvalue weighted by molar-refractivity contribution is 7.10. The molecule has 1 heterocycles. The molecule has 0 aliphatic carbocycles. The lowest BCUT2D eigenvalue weighted by Gasteiger charge is -2.12. The molecule has 1 aromatic carbocycles. The first-order chi connectivity index (χ1) is 10.1. The standard InChI is InChI=1S/C16H17NO3S/c1-11(14-3-2-10-21-14)17-15(18)9-6-12-4-7-13(8-5-12)16(19)20/h2-5,7-8,10-11H,6,9H2,1H3,(H,17,18)(H,19,20). The average molecular weight is 303 g/mol. The molecular weight excluding hydrogens is 286 g/mol. The SMILES string of the molecule is CC(NC(=O)CCc1ccc(C(=O)O)cc1)c1cccs1. The van der Waals surface area contributed by atoms with Crippen molar-refractivity contribution in [2.75, 3.05) is 0 Å². The molecule has 0 radical (unpaired) electrons. The van der Waals surface area contributed by atoms with Crippen LogP contribution in [0.15, 0.2) is 41.8 Å². The van der Waals surface area contributed by atoms with E-state index in [-0.39, 0.29) is 17.5 Å². The van der Waals surface area contributed by atoms with Crippen LogP contribution in [0.4, 0.5) is 0 Å². The molecule has 0 bridgehead atoms. The number of carboxylic acid groups (broad SMARTS) is 1. The van der Waals surface area contributed by atoms with Gasteiger partial charge in [-0.2, -0.15) is 0 Å². The topological polar surface area (TPSA) is 66.4 Å². The fraction of sp³-hybridized carbons (Fsp3) is 0.250. The van der Waals surface area contributed by atoms with E-state index in [0.29, 0.717) is 12.8 Å². The summed E-state index contributed by atoms with van der Waals surface area (Å²) in [6.07, 6.45) is 0.991. The van der Waals surface area contributed by atoms with Crippen LogP contribution in [-0.2, 0) is 11.2 Å². The van der Waals surface area contributed by atoms with Crippen LogP contribution in [0.3, 0.4) is 0 Å². The summed E-state index contributed by atoms with van der Waals surface area (Å²) in [4.78, 5) is 23.8. The van der Waals surface area contributed by atoms with Gasteiger partial charge in [-0.1, -0.05) is 18.2 Å². The Morgan fingerprint density at radius 2 is 1.95 bits per heavy atom. The van der Waals surface area contributed by atoms with E-state index in [9.17, 15) is 9.59 Å². The van der Waals surface area contributed by atoms with Gasteiger partial charge in [0, 0.05) is 11.3 Å². The highest BCUT2D eigenvalue weighted by Gasteiger charge is 2.10. The Hall–Kier alpha value is -2.14. The van der Waals surface area contributed by atoms with Gasteiger partial charge in [0.05, 0.1) is 11.6 Å². The van der Waals surface area contributed by atoms with E-state index in [1.165, 1.54) is 0 Å². The number of rotatable bonds is 6. The van der Waals surface area contributed by atoms with Crippen LogP contribution < -0.4 is 5.32 Å². The van der Waals surface area contributed by atoms with Crippen LogP contribution in [0.25, 0.3) is 0 Å². The Balaban J connectivity index is 1.82. The Morgan fingerprint density at radius 1 is 1.24 bits per heavy atom. The zero-order chi connectivity index (χ0) is 15.2. The van der Waals surface area contributed by atoms with Crippen LogP contribution in [0.1, 0.15) is 40.2 Å². The largest absolute Gasteiger partial charge is 0.478 e. The van der Waals surface area contributed by atoms with Gasteiger partial charge in [0.2, 0.25) is 5.91 Å². The molecule has 0 saturated carbocycles. The first kappa shape index (κ1) is 15.3. The number of aryl methyl sites for hydroxylation is 1. The van der Waals surface area contributed by atoms with Crippen LogP contribution in [0.2, 0.25) is 0 Å². The van der Waals surface area contributed by atoms with Crippen LogP contribution >= 0.6 is 11.3 Å². The summed E-state index contributed by atoms with van der Waals surface area (Å²) in [6.45, 7) is 1.96. The van der Waals surface area contributed by atoms with Crippen LogP contribution in [0.5, 0.6) is 0 Å². The van der Waals surface area contributed by atoms with E-state index in [0.717, 1.165) is 10.4 Å². The molecule has 2 N–H and O–H groups in total. The summed E-state index contributed by atoms with van der Waals surface area (Å²) in [7, 11) is 0. The number of nitrogens with one attached hydrogen (secondary N) is 1. The summed E-state index contributed by atoms with van der Waals surface area (Å²) >= 11 is 1.62. The summed E-state index contributed by atoms with van der Waals surface area (Å²) in [6, 6.07) is 10.6. The molecule has 2 aromatic rings. The van der Waals surface area contributed by atoms with Crippen molar-refractivity contribution in [2.24, 2.45) is 0 Å². The molecule has 4 nitrogen and oxygen atoms in total. The normalized spacial score (nSPS) is 11.9. The monoisotopic (exact) mass is 303 g/mol. The highest BCUT2D eigenvalue weighted by Crippen LogP contribution is 2.18. The summed E-state index contributed by atoms with van der Waals surface area (Å²) in [5.74, 6) is -0.942. The second-order valence-corrected chi connectivity index (χ2v) is 5.79. The van der Waals surface area contributed by atoms with Gasteiger partial charge in [-0.15, -0.1) is 11.3 Å². The first-order valence-electron chi connectivity index (χ1n) is 6.71. The zero-order valence-electron chi connectivity index (χ0n) is 11.7. The quantitative estimate of drug-likeness (QED) is 0.861. The van der Waals surface area contributed by atoms with Gasteiger partial charge in [0.25, 0.3) is 0 Å². The number of hydrogen-bond acceptors (Lipinski definition) is 3. The molecule has 0 aliphatic heterocycles. The molecule has 1 aromatic heterocycles. The number of benzene rings is 1. The maximum atomic E-state index is 11.9. The molecule has 0 fully saturated rings. The van der Waals surface area contributed by atoms with Gasteiger partial charge >= 0.3 is 5.97 Å². The molecule has 0 saturated heterocycles. The number of thiophene rings is 1. The van der Waals surface area contributed by atoms with Crippen LogP contribution in [-0.4, -0.2) is 17.0 Å². The molecule has 2 rings (SSSR count). The van der Waals surface area contributed by atoms with Crippen molar-refractivity contribution in [3.8, 4) is 0 Å². The summed E-state index contributed by atoms with van der Waals surface area (Å²) in [5, 5.41) is 13.8. The molecule has 1 unspecified atom stereocenters. The van der Waals surface area contributed by atoms with E-state index in [1.807, 2.05) is 24.4 Å². The summed E-state index contributed by atoms with van der Waals surface area (Å²) in [5.41, 5.74) is 1.22. The predicted molar refractivity (Wildman–Crippen MR) is 82.6 cm³/mol. The lowest BCUT2D eigenvalue weighted by atomic mass is 10.1. The van der Waals surface area contributed by atoms with Crippen molar-refractivity contribution in [3.63, 3.8) is 0 Å². The third-order valence-electron chi connectivity index (χ3n) is 3.19. The molecular formula is C16H17NO3S. The molecule has 0 aliphatic rings. The molecule has 5 heteroatoms. The minimum atomic E-state index is -0.941. The number of aromatic carboxylic acids is 1. The van der Waals surface area contributed by atoms with E-state index >= 15 is 0 Å². The lowest BCUT2D eigenvalue weighted by Crippen LogP contribution is -2.26. The smallest absolute Gasteiger partial charge is 0.335 e. The summed E-state index contributed by atoms with van der Waals surface area (Å²) < 4.78 is 0. The number of carboxylic acids is 1. The van der Waals surface area contributed by atoms with Gasteiger partial charge in [0.15, 0.2) is 0 Å². The Morgan fingerprint density at radius 3 is 2.52 bits per heavy atom. The Kier molecular flexibility index (Phi) is 5.11. The van der Waals surface area contributed by atoms with Crippen molar-refractivity contribution >= 4 is 23.2 Å². The number of carbonyl (C=O) groups excluding carboxylic acids is 1. The average Bonchev–Trinajstić information content (AvgIpc) is 3.00.